The topological polar surface area (TPSA) is 147 Å². The van der Waals surface area contributed by atoms with Crippen LogP contribution in [0.2, 0.25) is 0 Å². The predicted octanol–water partition coefficient (Wildman–Crippen LogP) is 1.07. The van der Waals surface area contributed by atoms with Gasteiger partial charge in [0.15, 0.2) is 17.3 Å². The Kier molecular flexibility index (Phi) is 5.02. The largest absolute Gasteiger partial charge is 0.494 e. The van der Waals surface area contributed by atoms with Crippen LogP contribution in [0.3, 0.4) is 0 Å². The van der Waals surface area contributed by atoms with E-state index in [1.54, 1.807) is 13.8 Å². The number of methoxy groups -OCH3 is 1. The third-order valence-corrected chi connectivity index (χ3v) is 3.54. The number of halogens is 1. The molecule has 1 aromatic carbocycles. The van der Waals surface area contributed by atoms with Gasteiger partial charge in [-0.3, -0.25) is 4.79 Å². The zero-order valence-corrected chi connectivity index (χ0v) is 15.1. The zero-order chi connectivity index (χ0) is 20.4. The molecule has 0 fully saturated rings. The first-order valence-corrected chi connectivity index (χ1v) is 8.05. The third kappa shape index (κ3) is 3.65. The van der Waals surface area contributed by atoms with Crippen molar-refractivity contribution in [3.05, 3.63) is 35.3 Å². The number of amides is 1. The molecule has 11 nitrogen and oxygen atoms in total. The molecule has 0 saturated heterocycles. The van der Waals surface area contributed by atoms with Crippen molar-refractivity contribution in [1.82, 2.24) is 25.3 Å². The maximum absolute atomic E-state index is 14.1. The first-order chi connectivity index (χ1) is 13.3. The van der Waals surface area contributed by atoms with E-state index in [-0.39, 0.29) is 34.0 Å². The van der Waals surface area contributed by atoms with Crippen LogP contribution in [-0.4, -0.2) is 50.3 Å². The highest BCUT2D eigenvalue weighted by atomic mass is 19.1. The number of nitrogen functional groups attached to an aromatic ring is 1. The molecule has 2 aromatic heterocycles. The molecular weight excluding hydrogens is 373 g/mol. The van der Waals surface area contributed by atoms with Crippen LogP contribution in [0.25, 0.3) is 5.65 Å². The van der Waals surface area contributed by atoms with Gasteiger partial charge >= 0.3 is 5.97 Å². The molecule has 3 rings (SSSR count). The smallest absolute Gasteiger partial charge is 0.340 e. The highest BCUT2D eigenvalue weighted by Crippen LogP contribution is 2.27. The number of fused-ring (bicyclic) bond motifs is 1. The summed E-state index contributed by atoms with van der Waals surface area (Å²) in [5.41, 5.74) is 5.78. The summed E-state index contributed by atoms with van der Waals surface area (Å²) in [5.74, 6) is -2.49. The van der Waals surface area contributed by atoms with Gasteiger partial charge in [-0.1, -0.05) is 0 Å². The Morgan fingerprint density at radius 1 is 1.29 bits per heavy atom. The van der Waals surface area contributed by atoms with E-state index in [1.165, 1.54) is 19.2 Å². The Balaban J connectivity index is 1.99. The second kappa shape index (κ2) is 7.42. The number of hydrogen-bond donors (Lipinski definition) is 2. The molecule has 146 valence electrons. The van der Waals surface area contributed by atoms with Crippen molar-refractivity contribution < 1.29 is 23.5 Å². The predicted molar refractivity (Wildman–Crippen MR) is 94.4 cm³/mol. The van der Waals surface area contributed by atoms with E-state index >= 15 is 0 Å². The van der Waals surface area contributed by atoms with Crippen molar-refractivity contribution in [3.63, 3.8) is 0 Å². The van der Waals surface area contributed by atoms with Crippen LogP contribution in [0.1, 0.15) is 34.7 Å². The SMILES string of the molecule is COc1cc(NC(=O)c2cc(N)c3nnnn3n2)c(C(=O)OC(C)C)cc1F. The number of ether oxygens (including phenoxy) is 2. The van der Waals surface area contributed by atoms with E-state index in [0.717, 1.165) is 10.7 Å². The molecule has 0 radical (unpaired) electrons. The average molecular weight is 389 g/mol. The lowest BCUT2D eigenvalue weighted by atomic mass is 10.1. The minimum Gasteiger partial charge on any atom is -0.494 e. The molecule has 0 bridgehead atoms. The summed E-state index contributed by atoms with van der Waals surface area (Å²) in [6.07, 6.45) is -0.440. The monoisotopic (exact) mass is 389 g/mol. The minimum atomic E-state index is -0.810. The quantitative estimate of drug-likeness (QED) is 0.611. The number of rotatable bonds is 5. The standard InChI is InChI=1S/C16H16FN7O4/c1-7(2)28-16(26)8-4-9(17)13(27-3)6-11(8)19-15(25)12-5-10(18)14-20-22-23-24(14)21-12/h4-7H,18H2,1-3H3,(H,19,25). The highest BCUT2D eigenvalue weighted by molar-refractivity contribution is 6.07. The molecule has 12 heteroatoms. The van der Waals surface area contributed by atoms with Crippen molar-refractivity contribution in [2.75, 3.05) is 18.2 Å². The van der Waals surface area contributed by atoms with Crippen molar-refractivity contribution in [2.24, 2.45) is 0 Å². The van der Waals surface area contributed by atoms with Crippen molar-refractivity contribution in [2.45, 2.75) is 20.0 Å². The maximum atomic E-state index is 14.1. The lowest BCUT2D eigenvalue weighted by Gasteiger charge is -2.14. The lowest BCUT2D eigenvalue weighted by molar-refractivity contribution is 0.0378. The number of nitrogens with zero attached hydrogens (tertiary/aromatic N) is 5. The first kappa shape index (κ1) is 18.9. The average Bonchev–Trinajstić information content (AvgIpc) is 3.11. The van der Waals surface area contributed by atoms with Gasteiger partial charge in [-0.05, 0) is 36.4 Å². The number of esters is 1. The van der Waals surface area contributed by atoms with E-state index in [9.17, 15) is 14.0 Å². The molecule has 0 atom stereocenters. The van der Waals surface area contributed by atoms with Crippen LogP contribution in [0.4, 0.5) is 15.8 Å². The molecular formula is C16H16FN7O4. The van der Waals surface area contributed by atoms with Crippen LogP contribution in [0.5, 0.6) is 5.75 Å². The highest BCUT2D eigenvalue weighted by Gasteiger charge is 2.22. The molecule has 2 heterocycles. The summed E-state index contributed by atoms with van der Waals surface area (Å²) in [4.78, 5) is 24.9. The van der Waals surface area contributed by atoms with Gasteiger partial charge in [0.1, 0.15) is 0 Å². The number of tetrazole rings is 1. The molecule has 0 unspecified atom stereocenters. The van der Waals surface area contributed by atoms with Crippen LogP contribution >= 0.6 is 0 Å². The van der Waals surface area contributed by atoms with E-state index in [1.807, 2.05) is 0 Å². The zero-order valence-electron chi connectivity index (χ0n) is 15.1. The molecule has 0 saturated carbocycles. The molecule has 0 aliphatic heterocycles. The summed E-state index contributed by atoms with van der Waals surface area (Å²) in [6.45, 7) is 3.29. The summed E-state index contributed by atoms with van der Waals surface area (Å²) in [6, 6.07) is 3.36. The molecule has 0 aliphatic carbocycles. The number of nitrogens with one attached hydrogen (secondary N) is 1. The van der Waals surface area contributed by atoms with Gasteiger partial charge in [0.05, 0.1) is 30.2 Å². The van der Waals surface area contributed by atoms with Crippen LogP contribution < -0.4 is 15.8 Å². The van der Waals surface area contributed by atoms with Gasteiger partial charge in [-0.25, -0.2) is 9.18 Å². The van der Waals surface area contributed by atoms with Crippen molar-refractivity contribution >= 4 is 28.9 Å². The number of anilines is 2. The van der Waals surface area contributed by atoms with E-state index in [2.05, 4.69) is 25.9 Å². The van der Waals surface area contributed by atoms with Gasteiger partial charge < -0.3 is 20.5 Å². The number of nitrogens with two attached hydrogens (primary N) is 1. The van der Waals surface area contributed by atoms with Crippen molar-refractivity contribution in [3.8, 4) is 5.75 Å². The summed E-state index contributed by atoms with van der Waals surface area (Å²) < 4.78 is 25.1. The van der Waals surface area contributed by atoms with E-state index < -0.39 is 23.8 Å². The Labute approximate surface area is 157 Å². The Bertz CT molecular complexity index is 1070. The minimum absolute atomic E-state index is 0.0221. The molecule has 3 N–H and O–H groups in total. The lowest BCUT2D eigenvalue weighted by Crippen LogP contribution is -2.20. The van der Waals surface area contributed by atoms with Crippen LogP contribution in [0, 0.1) is 5.82 Å². The van der Waals surface area contributed by atoms with E-state index in [0.29, 0.717) is 0 Å². The number of aromatic nitrogens is 5. The molecule has 3 aromatic rings. The first-order valence-electron chi connectivity index (χ1n) is 8.05. The van der Waals surface area contributed by atoms with Gasteiger partial charge in [0, 0.05) is 6.07 Å². The van der Waals surface area contributed by atoms with Gasteiger partial charge in [-0.2, -0.15) is 0 Å². The van der Waals surface area contributed by atoms with Crippen LogP contribution in [-0.2, 0) is 4.74 Å². The van der Waals surface area contributed by atoms with Gasteiger partial charge in [0.25, 0.3) is 5.91 Å². The second-order valence-electron chi connectivity index (χ2n) is 5.92. The molecule has 0 spiro atoms. The molecule has 28 heavy (non-hydrogen) atoms. The fraction of sp³-hybridized carbons (Fsp3) is 0.250. The fourth-order valence-electron chi connectivity index (χ4n) is 2.32. The number of carbonyl (C=O) groups excluding carboxylic acids is 2. The molecule has 0 aliphatic rings. The Hall–Kier alpha value is -3.83. The number of hydrogen-bond acceptors (Lipinski definition) is 9. The van der Waals surface area contributed by atoms with Gasteiger partial charge in [-0.15, -0.1) is 14.8 Å². The maximum Gasteiger partial charge on any atom is 0.340 e. The number of carbonyl (C=O) groups is 2. The third-order valence-electron chi connectivity index (χ3n) is 3.54. The Morgan fingerprint density at radius 3 is 2.71 bits per heavy atom. The Morgan fingerprint density at radius 2 is 2.04 bits per heavy atom. The van der Waals surface area contributed by atoms with Crippen molar-refractivity contribution in [1.29, 1.82) is 0 Å². The second-order valence-corrected chi connectivity index (χ2v) is 5.92. The van der Waals surface area contributed by atoms with Crippen LogP contribution in [0.15, 0.2) is 18.2 Å². The normalized spacial score (nSPS) is 10.9. The molecule has 1 amide bonds. The van der Waals surface area contributed by atoms with Gasteiger partial charge in [0.2, 0.25) is 5.65 Å². The summed E-state index contributed by atoms with van der Waals surface area (Å²) in [5, 5.41) is 17.1. The van der Waals surface area contributed by atoms with E-state index in [4.69, 9.17) is 15.2 Å². The number of benzene rings is 1. The summed E-state index contributed by atoms with van der Waals surface area (Å²) in [7, 11) is 1.25. The summed E-state index contributed by atoms with van der Waals surface area (Å²) >= 11 is 0. The fourth-order valence-corrected chi connectivity index (χ4v) is 2.32.